The SMILES string of the molecule is C=C(N)C/C(C)=C(/C)NC. The predicted molar refractivity (Wildman–Crippen MR) is 45.4 cm³/mol. The van der Waals surface area contributed by atoms with Crippen LogP contribution in [-0.4, -0.2) is 7.05 Å². The van der Waals surface area contributed by atoms with Gasteiger partial charge in [0.1, 0.15) is 0 Å². The minimum atomic E-state index is 0.715. The molecule has 0 aromatic heterocycles. The molecule has 0 atom stereocenters. The second kappa shape index (κ2) is 3.99. The van der Waals surface area contributed by atoms with Crippen LogP contribution >= 0.6 is 0 Å². The van der Waals surface area contributed by atoms with Gasteiger partial charge in [-0.15, -0.1) is 0 Å². The first-order chi connectivity index (χ1) is 4.57. The Balaban J connectivity index is 4.04. The van der Waals surface area contributed by atoms with Crippen LogP contribution in [-0.2, 0) is 0 Å². The fraction of sp³-hybridized carbons (Fsp3) is 0.500. The van der Waals surface area contributed by atoms with Crippen LogP contribution in [0.15, 0.2) is 23.5 Å². The Morgan fingerprint density at radius 1 is 1.50 bits per heavy atom. The molecule has 0 aliphatic carbocycles. The van der Waals surface area contributed by atoms with Crippen molar-refractivity contribution in [1.29, 1.82) is 0 Å². The third-order valence-electron chi connectivity index (χ3n) is 1.51. The molecule has 0 heterocycles. The summed E-state index contributed by atoms with van der Waals surface area (Å²) in [6.07, 6.45) is 0.784. The number of hydrogen-bond donors (Lipinski definition) is 2. The van der Waals surface area contributed by atoms with E-state index in [0.717, 1.165) is 6.42 Å². The summed E-state index contributed by atoms with van der Waals surface area (Å²) in [6, 6.07) is 0. The van der Waals surface area contributed by atoms with E-state index in [0.29, 0.717) is 5.70 Å². The first kappa shape index (κ1) is 9.08. The second-order valence-corrected chi connectivity index (χ2v) is 2.49. The highest BCUT2D eigenvalue weighted by Crippen LogP contribution is 2.07. The molecule has 0 aromatic carbocycles. The lowest BCUT2D eigenvalue weighted by atomic mass is 10.1. The van der Waals surface area contributed by atoms with Crippen LogP contribution in [0.1, 0.15) is 20.3 Å². The average Bonchev–Trinajstić information content (AvgIpc) is 1.85. The van der Waals surface area contributed by atoms with Gasteiger partial charge in [0.15, 0.2) is 0 Å². The summed E-state index contributed by atoms with van der Waals surface area (Å²) < 4.78 is 0. The molecule has 58 valence electrons. The van der Waals surface area contributed by atoms with E-state index in [2.05, 4.69) is 11.9 Å². The van der Waals surface area contributed by atoms with E-state index >= 15 is 0 Å². The largest absolute Gasteiger partial charge is 0.402 e. The van der Waals surface area contributed by atoms with Gasteiger partial charge in [0.2, 0.25) is 0 Å². The highest BCUT2D eigenvalue weighted by molar-refractivity contribution is 5.13. The molecule has 0 saturated heterocycles. The van der Waals surface area contributed by atoms with Gasteiger partial charge in [-0.2, -0.15) is 0 Å². The van der Waals surface area contributed by atoms with Crippen molar-refractivity contribution >= 4 is 0 Å². The van der Waals surface area contributed by atoms with E-state index in [1.165, 1.54) is 11.3 Å². The van der Waals surface area contributed by atoms with Crippen LogP contribution < -0.4 is 11.1 Å². The van der Waals surface area contributed by atoms with Crippen molar-refractivity contribution in [2.24, 2.45) is 5.73 Å². The van der Waals surface area contributed by atoms with Gasteiger partial charge in [0, 0.05) is 24.9 Å². The Kier molecular flexibility index (Phi) is 3.62. The molecule has 2 nitrogen and oxygen atoms in total. The Hall–Kier alpha value is -0.920. The van der Waals surface area contributed by atoms with Gasteiger partial charge < -0.3 is 11.1 Å². The molecular formula is C8H16N2. The molecule has 0 bridgehead atoms. The van der Waals surface area contributed by atoms with Crippen molar-refractivity contribution in [3.05, 3.63) is 23.5 Å². The second-order valence-electron chi connectivity index (χ2n) is 2.49. The van der Waals surface area contributed by atoms with Crippen LogP contribution in [0, 0.1) is 0 Å². The van der Waals surface area contributed by atoms with Crippen molar-refractivity contribution in [2.45, 2.75) is 20.3 Å². The van der Waals surface area contributed by atoms with Crippen molar-refractivity contribution in [1.82, 2.24) is 5.32 Å². The maximum Gasteiger partial charge on any atom is 0.00907 e. The first-order valence-electron chi connectivity index (χ1n) is 3.35. The molecule has 0 radical (unpaired) electrons. The van der Waals surface area contributed by atoms with Crippen LogP contribution in [0.3, 0.4) is 0 Å². The van der Waals surface area contributed by atoms with Crippen LogP contribution in [0.2, 0.25) is 0 Å². The van der Waals surface area contributed by atoms with E-state index < -0.39 is 0 Å². The Morgan fingerprint density at radius 3 is 2.30 bits per heavy atom. The summed E-state index contributed by atoms with van der Waals surface area (Å²) in [5.41, 5.74) is 8.56. The fourth-order valence-corrected chi connectivity index (χ4v) is 0.687. The van der Waals surface area contributed by atoms with E-state index in [1.54, 1.807) is 0 Å². The Bertz CT molecular complexity index is 157. The van der Waals surface area contributed by atoms with Gasteiger partial charge in [-0.25, -0.2) is 0 Å². The van der Waals surface area contributed by atoms with Gasteiger partial charge >= 0.3 is 0 Å². The van der Waals surface area contributed by atoms with Crippen LogP contribution in [0.4, 0.5) is 0 Å². The van der Waals surface area contributed by atoms with E-state index in [-0.39, 0.29) is 0 Å². The molecule has 2 heteroatoms. The predicted octanol–water partition coefficient (Wildman–Crippen LogP) is 1.36. The molecule has 0 unspecified atom stereocenters. The lowest BCUT2D eigenvalue weighted by molar-refractivity contribution is 0.924. The summed E-state index contributed by atoms with van der Waals surface area (Å²) in [4.78, 5) is 0. The highest BCUT2D eigenvalue weighted by Gasteiger charge is 1.94. The normalized spacial score (nSPS) is 12.3. The molecule has 0 aliphatic rings. The first-order valence-corrected chi connectivity index (χ1v) is 3.35. The zero-order valence-electron chi connectivity index (χ0n) is 6.99. The van der Waals surface area contributed by atoms with E-state index in [4.69, 9.17) is 5.73 Å². The summed E-state index contributed by atoms with van der Waals surface area (Å²) in [5.74, 6) is 0. The van der Waals surface area contributed by atoms with Crippen molar-refractivity contribution in [3.63, 3.8) is 0 Å². The molecular weight excluding hydrogens is 124 g/mol. The van der Waals surface area contributed by atoms with Crippen molar-refractivity contribution < 1.29 is 0 Å². The molecule has 0 fully saturated rings. The zero-order valence-corrected chi connectivity index (χ0v) is 6.99. The molecule has 10 heavy (non-hydrogen) atoms. The van der Waals surface area contributed by atoms with E-state index in [9.17, 15) is 0 Å². The quantitative estimate of drug-likeness (QED) is 0.621. The average molecular weight is 140 g/mol. The molecule has 3 N–H and O–H groups in total. The monoisotopic (exact) mass is 140 g/mol. The molecule has 0 saturated carbocycles. The van der Waals surface area contributed by atoms with Gasteiger partial charge in [-0.1, -0.05) is 6.58 Å². The smallest absolute Gasteiger partial charge is 0.00907 e. The maximum absolute atomic E-state index is 5.43. The number of allylic oxidation sites excluding steroid dienone is 2. The zero-order chi connectivity index (χ0) is 8.15. The highest BCUT2D eigenvalue weighted by atomic mass is 14.8. The molecule has 0 spiro atoms. The lowest BCUT2D eigenvalue weighted by Gasteiger charge is -2.05. The van der Waals surface area contributed by atoms with Crippen LogP contribution in [0.5, 0.6) is 0 Å². The van der Waals surface area contributed by atoms with Gasteiger partial charge in [0.25, 0.3) is 0 Å². The summed E-state index contributed by atoms with van der Waals surface area (Å²) in [5, 5.41) is 3.05. The summed E-state index contributed by atoms with van der Waals surface area (Å²) >= 11 is 0. The molecule has 0 aliphatic heterocycles. The number of rotatable bonds is 3. The third kappa shape index (κ3) is 3.17. The minimum absolute atomic E-state index is 0.715. The third-order valence-corrected chi connectivity index (χ3v) is 1.51. The fourth-order valence-electron chi connectivity index (χ4n) is 0.687. The minimum Gasteiger partial charge on any atom is -0.402 e. The van der Waals surface area contributed by atoms with Gasteiger partial charge in [-0.05, 0) is 19.4 Å². The summed E-state index contributed by atoms with van der Waals surface area (Å²) in [6.45, 7) is 7.70. The van der Waals surface area contributed by atoms with Gasteiger partial charge in [-0.3, -0.25) is 0 Å². The topological polar surface area (TPSA) is 38.0 Å². The molecule has 0 rings (SSSR count). The lowest BCUT2D eigenvalue weighted by Crippen LogP contribution is -2.06. The number of hydrogen-bond acceptors (Lipinski definition) is 2. The molecule has 0 aromatic rings. The molecule has 0 amide bonds. The van der Waals surface area contributed by atoms with Crippen molar-refractivity contribution in [2.75, 3.05) is 7.05 Å². The van der Waals surface area contributed by atoms with E-state index in [1.807, 2.05) is 20.9 Å². The number of nitrogens with two attached hydrogens (primary N) is 1. The van der Waals surface area contributed by atoms with Gasteiger partial charge in [0.05, 0.1) is 0 Å². The maximum atomic E-state index is 5.43. The number of nitrogens with one attached hydrogen (secondary N) is 1. The Labute approximate surface area is 62.8 Å². The van der Waals surface area contributed by atoms with Crippen molar-refractivity contribution in [3.8, 4) is 0 Å². The standard InChI is InChI=1S/C8H16N2/c1-6(5-7(2)9)8(3)10-4/h10H,2,5,9H2,1,3-4H3/b8-6-. The Morgan fingerprint density at radius 2 is 2.00 bits per heavy atom. The summed E-state index contributed by atoms with van der Waals surface area (Å²) in [7, 11) is 1.90. The van der Waals surface area contributed by atoms with Crippen LogP contribution in [0.25, 0.3) is 0 Å².